The van der Waals surface area contributed by atoms with Crippen molar-refractivity contribution in [2.45, 2.75) is 13.0 Å². The lowest BCUT2D eigenvalue weighted by atomic mass is 10.0. The molecule has 3 heterocycles. The molecule has 5 rings (SSSR count). The fraction of sp³-hybridized carbons (Fsp3) is 0.346. The second-order valence-electron chi connectivity index (χ2n) is 8.93. The average molecular weight is 496 g/mol. The molecule has 10 heteroatoms. The third kappa shape index (κ3) is 4.94. The van der Waals surface area contributed by atoms with Gasteiger partial charge in [0.05, 0.1) is 30.5 Å². The van der Waals surface area contributed by atoms with Crippen LogP contribution in [0.1, 0.15) is 21.6 Å². The van der Waals surface area contributed by atoms with Crippen LogP contribution < -0.4 is 14.4 Å². The lowest BCUT2D eigenvalue weighted by Crippen LogP contribution is -2.45. The molecule has 1 fully saturated rings. The quantitative estimate of drug-likeness (QED) is 0.537. The number of carbonyl (C=O) groups is 1. The molecule has 0 unspecified atom stereocenters. The van der Waals surface area contributed by atoms with Crippen LogP contribution in [0, 0.1) is 11.6 Å². The minimum absolute atomic E-state index is 0.146. The molecule has 36 heavy (non-hydrogen) atoms. The van der Waals surface area contributed by atoms with Gasteiger partial charge in [-0.05, 0) is 31.3 Å². The van der Waals surface area contributed by atoms with Gasteiger partial charge in [0.15, 0.2) is 0 Å². The maximum absolute atomic E-state index is 14.3. The monoisotopic (exact) mass is 495 g/mol. The Labute approximate surface area is 208 Å². The number of hydrogen-bond acceptors (Lipinski definition) is 7. The van der Waals surface area contributed by atoms with E-state index in [0.717, 1.165) is 37.9 Å². The number of piperazine rings is 1. The number of rotatable bonds is 5. The van der Waals surface area contributed by atoms with Gasteiger partial charge < -0.3 is 24.2 Å². The Bertz CT molecular complexity index is 1280. The third-order valence-electron chi connectivity index (χ3n) is 6.50. The summed E-state index contributed by atoms with van der Waals surface area (Å²) >= 11 is 0. The Morgan fingerprint density at radius 2 is 1.75 bits per heavy atom. The number of anilines is 1. The van der Waals surface area contributed by atoms with Gasteiger partial charge in [0.2, 0.25) is 11.8 Å². The standard InChI is InChI=1S/C26H27F2N5O3/c1-31-10-12-32(13-11-31)26-29-23-8-9-33(25(34)20-7-6-17(27)14-22(20)28)16-21(23)24(30-26)36-19-5-3-4-18(15-19)35-2/h3-7,14-15H,8-13,16H2,1-2H3. The number of methoxy groups -OCH3 is 1. The highest BCUT2D eigenvalue weighted by atomic mass is 19.1. The number of aromatic nitrogens is 2. The van der Waals surface area contributed by atoms with E-state index < -0.39 is 17.5 Å². The smallest absolute Gasteiger partial charge is 0.257 e. The number of halogens is 2. The normalized spacial score (nSPS) is 16.0. The highest BCUT2D eigenvalue weighted by Gasteiger charge is 2.30. The van der Waals surface area contributed by atoms with E-state index in [1.807, 2.05) is 12.1 Å². The van der Waals surface area contributed by atoms with Crippen molar-refractivity contribution >= 4 is 11.9 Å². The van der Waals surface area contributed by atoms with Gasteiger partial charge >= 0.3 is 0 Å². The van der Waals surface area contributed by atoms with Crippen molar-refractivity contribution in [2.75, 3.05) is 51.8 Å². The number of likely N-dealkylation sites (N-methyl/N-ethyl adjacent to an activating group) is 1. The molecule has 1 aromatic heterocycles. The highest BCUT2D eigenvalue weighted by Crippen LogP contribution is 2.33. The number of amides is 1. The summed E-state index contributed by atoms with van der Waals surface area (Å²) in [6, 6.07) is 10.1. The van der Waals surface area contributed by atoms with E-state index in [9.17, 15) is 13.6 Å². The third-order valence-corrected chi connectivity index (χ3v) is 6.50. The lowest BCUT2D eigenvalue weighted by Gasteiger charge is -2.34. The predicted octanol–water partition coefficient (Wildman–Crippen LogP) is 3.51. The molecule has 2 aliphatic heterocycles. The summed E-state index contributed by atoms with van der Waals surface area (Å²) in [6.45, 7) is 3.88. The van der Waals surface area contributed by atoms with Gasteiger partial charge in [0.25, 0.3) is 5.91 Å². The predicted molar refractivity (Wildman–Crippen MR) is 130 cm³/mol. The van der Waals surface area contributed by atoms with Crippen LogP contribution in [0.5, 0.6) is 17.4 Å². The molecule has 0 aliphatic carbocycles. The first-order chi connectivity index (χ1) is 17.4. The van der Waals surface area contributed by atoms with Crippen LogP contribution in [-0.2, 0) is 13.0 Å². The van der Waals surface area contributed by atoms with E-state index in [1.54, 1.807) is 19.2 Å². The first kappa shape index (κ1) is 23.9. The zero-order chi connectivity index (χ0) is 25.2. The van der Waals surface area contributed by atoms with Gasteiger partial charge in [-0.1, -0.05) is 6.07 Å². The van der Waals surface area contributed by atoms with Crippen molar-refractivity contribution in [1.29, 1.82) is 0 Å². The van der Waals surface area contributed by atoms with Crippen LogP contribution >= 0.6 is 0 Å². The zero-order valence-corrected chi connectivity index (χ0v) is 20.2. The van der Waals surface area contributed by atoms with E-state index in [-0.39, 0.29) is 12.1 Å². The van der Waals surface area contributed by atoms with Crippen LogP contribution in [0.15, 0.2) is 42.5 Å². The summed E-state index contributed by atoms with van der Waals surface area (Å²) < 4.78 is 39.2. The molecule has 0 radical (unpaired) electrons. The largest absolute Gasteiger partial charge is 0.497 e. The van der Waals surface area contributed by atoms with Crippen molar-refractivity contribution in [1.82, 2.24) is 19.8 Å². The van der Waals surface area contributed by atoms with Gasteiger partial charge in [-0.2, -0.15) is 4.98 Å². The first-order valence-electron chi connectivity index (χ1n) is 11.8. The Hall–Kier alpha value is -3.79. The van der Waals surface area contributed by atoms with Gasteiger partial charge in [-0.15, -0.1) is 0 Å². The van der Waals surface area contributed by atoms with E-state index in [4.69, 9.17) is 19.4 Å². The molecule has 2 aromatic carbocycles. The van der Waals surface area contributed by atoms with E-state index >= 15 is 0 Å². The van der Waals surface area contributed by atoms with Gasteiger partial charge in [0, 0.05) is 51.3 Å². The van der Waals surface area contributed by atoms with Gasteiger partial charge in [-0.25, -0.2) is 13.8 Å². The molecular formula is C26H27F2N5O3. The molecule has 0 N–H and O–H groups in total. The Balaban J connectivity index is 1.48. The summed E-state index contributed by atoms with van der Waals surface area (Å²) in [7, 11) is 3.66. The second kappa shape index (κ2) is 10.1. The van der Waals surface area contributed by atoms with E-state index in [1.165, 1.54) is 11.0 Å². The molecule has 0 atom stereocenters. The second-order valence-corrected chi connectivity index (χ2v) is 8.93. The molecule has 0 bridgehead atoms. The lowest BCUT2D eigenvalue weighted by molar-refractivity contribution is 0.0727. The number of carbonyl (C=O) groups excluding carboxylic acids is 1. The topological polar surface area (TPSA) is 71.0 Å². The van der Waals surface area contributed by atoms with E-state index in [2.05, 4.69) is 16.8 Å². The zero-order valence-electron chi connectivity index (χ0n) is 20.2. The van der Waals surface area contributed by atoms with Crippen molar-refractivity contribution in [2.24, 2.45) is 0 Å². The molecule has 1 saturated heterocycles. The SMILES string of the molecule is COc1cccc(Oc2nc(N3CCN(C)CC3)nc3c2CN(C(=O)c2ccc(F)cc2F)CC3)c1. The fourth-order valence-electron chi connectivity index (χ4n) is 4.39. The maximum Gasteiger partial charge on any atom is 0.257 e. The van der Waals surface area contributed by atoms with Crippen LogP contribution in [0.4, 0.5) is 14.7 Å². The molecule has 2 aliphatic rings. The number of fused-ring (bicyclic) bond motifs is 1. The number of benzene rings is 2. The van der Waals surface area contributed by atoms with Crippen LogP contribution in [0.2, 0.25) is 0 Å². The highest BCUT2D eigenvalue weighted by molar-refractivity contribution is 5.94. The van der Waals surface area contributed by atoms with Crippen molar-refractivity contribution < 1.29 is 23.0 Å². The minimum atomic E-state index is -0.889. The molecule has 1 amide bonds. The van der Waals surface area contributed by atoms with Gasteiger partial charge in [-0.3, -0.25) is 4.79 Å². The van der Waals surface area contributed by atoms with Crippen molar-refractivity contribution in [3.63, 3.8) is 0 Å². The van der Waals surface area contributed by atoms with Crippen LogP contribution in [-0.4, -0.2) is 72.6 Å². The molecule has 188 valence electrons. The summed E-state index contributed by atoms with van der Waals surface area (Å²) in [6.07, 6.45) is 0.460. The minimum Gasteiger partial charge on any atom is -0.497 e. The summed E-state index contributed by atoms with van der Waals surface area (Å²) in [5.41, 5.74) is 1.28. The molecular weight excluding hydrogens is 468 g/mol. The Morgan fingerprint density at radius 3 is 2.50 bits per heavy atom. The Kier molecular flexibility index (Phi) is 6.69. The summed E-state index contributed by atoms with van der Waals surface area (Å²) in [5.74, 6) is -0.0323. The van der Waals surface area contributed by atoms with Crippen LogP contribution in [0.25, 0.3) is 0 Å². The van der Waals surface area contributed by atoms with E-state index in [0.29, 0.717) is 47.9 Å². The summed E-state index contributed by atoms with van der Waals surface area (Å²) in [5, 5.41) is 0. The first-order valence-corrected chi connectivity index (χ1v) is 11.8. The molecule has 0 saturated carbocycles. The van der Waals surface area contributed by atoms with Gasteiger partial charge in [0.1, 0.15) is 23.1 Å². The Morgan fingerprint density at radius 1 is 0.972 bits per heavy atom. The average Bonchev–Trinajstić information content (AvgIpc) is 2.88. The summed E-state index contributed by atoms with van der Waals surface area (Å²) in [4.78, 5) is 28.6. The van der Waals surface area contributed by atoms with Crippen molar-refractivity contribution in [3.8, 4) is 17.4 Å². The fourth-order valence-corrected chi connectivity index (χ4v) is 4.39. The molecule has 3 aromatic rings. The number of hydrogen-bond donors (Lipinski definition) is 0. The van der Waals surface area contributed by atoms with Crippen molar-refractivity contribution in [3.05, 3.63) is 70.9 Å². The molecule has 0 spiro atoms. The molecule has 8 nitrogen and oxygen atoms in total. The maximum atomic E-state index is 14.3. The number of ether oxygens (including phenoxy) is 2. The van der Waals surface area contributed by atoms with Crippen LogP contribution in [0.3, 0.4) is 0 Å². The number of nitrogens with zero attached hydrogens (tertiary/aromatic N) is 5.